The van der Waals surface area contributed by atoms with Crippen molar-refractivity contribution in [3.8, 4) is 0 Å². The van der Waals surface area contributed by atoms with Crippen LogP contribution in [0.4, 0.5) is 0 Å². The number of likely N-dealkylation sites (tertiary alicyclic amines) is 1. The average molecular weight is 337 g/mol. The van der Waals surface area contributed by atoms with Crippen LogP contribution in [0.1, 0.15) is 18.4 Å². The van der Waals surface area contributed by atoms with E-state index in [1.807, 2.05) is 18.2 Å². The van der Waals surface area contributed by atoms with Crippen molar-refractivity contribution in [2.75, 3.05) is 18.4 Å². The monoisotopic (exact) mass is 335 g/mol. The van der Waals surface area contributed by atoms with Crippen LogP contribution in [0.25, 0.3) is 0 Å². The van der Waals surface area contributed by atoms with Crippen LogP contribution in [-0.2, 0) is 6.54 Å². The molecule has 94 valence electrons. The molecule has 0 aromatic heterocycles. The Kier molecular flexibility index (Phi) is 5.16. The van der Waals surface area contributed by atoms with E-state index in [4.69, 9.17) is 23.2 Å². The van der Waals surface area contributed by atoms with Crippen molar-refractivity contribution in [2.24, 2.45) is 5.92 Å². The number of alkyl halides is 1. The van der Waals surface area contributed by atoms with Gasteiger partial charge in [0, 0.05) is 28.5 Å². The number of hydrogen-bond donors (Lipinski definition) is 0. The highest BCUT2D eigenvalue weighted by Crippen LogP contribution is 2.26. The standard InChI is InChI=1S/C13H16BrCl2N/c14-5-3-10-4-6-17(8-10)9-11-7-12(15)1-2-13(11)16/h1-2,7,10H,3-6,8-9H2. The van der Waals surface area contributed by atoms with Gasteiger partial charge in [0.2, 0.25) is 0 Å². The molecule has 0 amide bonds. The molecule has 0 aliphatic carbocycles. The lowest BCUT2D eigenvalue weighted by Gasteiger charge is -2.17. The Bertz CT molecular complexity index is 384. The van der Waals surface area contributed by atoms with E-state index in [9.17, 15) is 0 Å². The third-order valence-corrected chi connectivity index (χ3v) is 4.35. The van der Waals surface area contributed by atoms with Crippen LogP contribution in [0.2, 0.25) is 10.0 Å². The summed E-state index contributed by atoms with van der Waals surface area (Å²) < 4.78 is 0. The molecule has 1 fully saturated rings. The molecular weight excluding hydrogens is 321 g/mol. The van der Waals surface area contributed by atoms with E-state index in [-0.39, 0.29) is 0 Å². The maximum absolute atomic E-state index is 6.18. The molecule has 17 heavy (non-hydrogen) atoms. The van der Waals surface area contributed by atoms with Crippen LogP contribution >= 0.6 is 39.1 Å². The highest BCUT2D eigenvalue weighted by atomic mass is 79.9. The molecule has 1 saturated heterocycles. The third kappa shape index (κ3) is 3.85. The SMILES string of the molecule is Clc1ccc(Cl)c(CN2CCC(CCBr)C2)c1. The molecule has 1 aromatic carbocycles. The van der Waals surface area contributed by atoms with Crippen LogP contribution in [-0.4, -0.2) is 23.3 Å². The van der Waals surface area contributed by atoms with Crippen LogP contribution in [0.5, 0.6) is 0 Å². The maximum atomic E-state index is 6.18. The van der Waals surface area contributed by atoms with Crippen molar-refractivity contribution < 1.29 is 0 Å². The van der Waals surface area contributed by atoms with Gasteiger partial charge in [0.05, 0.1) is 0 Å². The molecule has 1 heterocycles. The number of benzene rings is 1. The average Bonchev–Trinajstić information content (AvgIpc) is 2.72. The Morgan fingerprint density at radius 2 is 2.18 bits per heavy atom. The minimum atomic E-state index is 0.764. The third-order valence-electron chi connectivity index (χ3n) is 3.29. The molecule has 1 aliphatic heterocycles. The molecular formula is C13H16BrCl2N. The largest absolute Gasteiger partial charge is 0.299 e. The first kappa shape index (κ1) is 13.7. The van der Waals surface area contributed by atoms with Crippen molar-refractivity contribution in [2.45, 2.75) is 19.4 Å². The van der Waals surface area contributed by atoms with Gasteiger partial charge in [0.15, 0.2) is 0 Å². The maximum Gasteiger partial charge on any atom is 0.0452 e. The van der Waals surface area contributed by atoms with E-state index < -0.39 is 0 Å². The van der Waals surface area contributed by atoms with Gasteiger partial charge in [0.1, 0.15) is 0 Å². The van der Waals surface area contributed by atoms with Gasteiger partial charge < -0.3 is 0 Å². The molecule has 1 atom stereocenters. The molecule has 0 radical (unpaired) electrons. The lowest BCUT2D eigenvalue weighted by Crippen LogP contribution is -2.20. The summed E-state index contributed by atoms with van der Waals surface area (Å²) in [6, 6.07) is 5.69. The fourth-order valence-electron chi connectivity index (χ4n) is 2.35. The molecule has 2 rings (SSSR count). The Hall–Kier alpha value is 0.240. The zero-order chi connectivity index (χ0) is 12.3. The van der Waals surface area contributed by atoms with Gasteiger partial charge in [0.25, 0.3) is 0 Å². The van der Waals surface area contributed by atoms with E-state index in [2.05, 4.69) is 20.8 Å². The van der Waals surface area contributed by atoms with Gasteiger partial charge in [-0.3, -0.25) is 4.90 Å². The van der Waals surface area contributed by atoms with Crippen molar-refractivity contribution >= 4 is 39.1 Å². The van der Waals surface area contributed by atoms with E-state index in [1.165, 1.54) is 25.9 Å². The van der Waals surface area contributed by atoms with Crippen LogP contribution < -0.4 is 0 Å². The van der Waals surface area contributed by atoms with Crippen molar-refractivity contribution in [1.29, 1.82) is 0 Å². The zero-order valence-corrected chi connectivity index (χ0v) is 12.7. The second-order valence-electron chi connectivity index (χ2n) is 4.60. The molecule has 0 bridgehead atoms. The van der Waals surface area contributed by atoms with Gasteiger partial charge in [-0.25, -0.2) is 0 Å². The van der Waals surface area contributed by atoms with E-state index >= 15 is 0 Å². The van der Waals surface area contributed by atoms with Gasteiger partial charge in [-0.05, 0) is 49.1 Å². The number of nitrogens with zero attached hydrogens (tertiary/aromatic N) is 1. The molecule has 1 aromatic rings. The van der Waals surface area contributed by atoms with Crippen LogP contribution in [0.3, 0.4) is 0 Å². The highest BCUT2D eigenvalue weighted by Gasteiger charge is 2.22. The minimum absolute atomic E-state index is 0.764. The molecule has 1 nitrogen and oxygen atoms in total. The van der Waals surface area contributed by atoms with Crippen molar-refractivity contribution in [1.82, 2.24) is 4.90 Å². The number of rotatable bonds is 4. The number of hydrogen-bond acceptors (Lipinski definition) is 1. The first-order valence-electron chi connectivity index (χ1n) is 5.91. The second-order valence-corrected chi connectivity index (χ2v) is 6.24. The Labute approximate surface area is 121 Å². The molecule has 0 saturated carbocycles. The molecule has 0 N–H and O–H groups in total. The molecule has 4 heteroatoms. The molecule has 1 aliphatic rings. The summed E-state index contributed by atoms with van der Waals surface area (Å²) in [6.45, 7) is 3.26. The van der Waals surface area contributed by atoms with E-state index in [0.29, 0.717) is 0 Å². The van der Waals surface area contributed by atoms with E-state index in [0.717, 1.165) is 33.4 Å². The summed E-state index contributed by atoms with van der Waals surface area (Å²) in [5.41, 5.74) is 1.14. The first-order chi connectivity index (χ1) is 8.19. The lowest BCUT2D eigenvalue weighted by atomic mass is 10.1. The number of halogens is 3. The Morgan fingerprint density at radius 1 is 1.35 bits per heavy atom. The summed E-state index contributed by atoms with van der Waals surface area (Å²) in [4.78, 5) is 2.46. The first-order valence-corrected chi connectivity index (χ1v) is 7.79. The predicted molar refractivity (Wildman–Crippen MR) is 78.3 cm³/mol. The fraction of sp³-hybridized carbons (Fsp3) is 0.538. The van der Waals surface area contributed by atoms with Gasteiger partial charge >= 0.3 is 0 Å². The lowest BCUT2D eigenvalue weighted by molar-refractivity contribution is 0.315. The zero-order valence-electron chi connectivity index (χ0n) is 9.63. The second kappa shape index (κ2) is 6.42. The summed E-state index contributed by atoms with van der Waals surface area (Å²) in [5, 5.41) is 2.68. The Balaban J connectivity index is 1.95. The van der Waals surface area contributed by atoms with Gasteiger partial charge in [-0.1, -0.05) is 39.1 Å². The van der Waals surface area contributed by atoms with Crippen LogP contribution in [0.15, 0.2) is 18.2 Å². The van der Waals surface area contributed by atoms with Gasteiger partial charge in [-0.15, -0.1) is 0 Å². The van der Waals surface area contributed by atoms with Gasteiger partial charge in [-0.2, -0.15) is 0 Å². The fourth-order valence-corrected chi connectivity index (χ4v) is 3.37. The van der Waals surface area contributed by atoms with Crippen molar-refractivity contribution in [3.63, 3.8) is 0 Å². The highest BCUT2D eigenvalue weighted by molar-refractivity contribution is 9.09. The smallest absolute Gasteiger partial charge is 0.0452 e. The summed E-state index contributed by atoms with van der Waals surface area (Å²) >= 11 is 15.7. The minimum Gasteiger partial charge on any atom is -0.299 e. The molecule has 1 unspecified atom stereocenters. The topological polar surface area (TPSA) is 3.24 Å². The van der Waals surface area contributed by atoms with Crippen LogP contribution in [0, 0.1) is 5.92 Å². The summed E-state index contributed by atoms with van der Waals surface area (Å²) in [7, 11) is 0. The van der Waals surface area contributed by atoms with E-state index in [1.54, 1.807) is 0 Å². The molecule has 0 spiro atoms. The Morgan fingerprint density at radius 3 is 2.94 bits per heavy atom. The normalized spacial score (nSPS) is 21.0. The summed E-state index contributed by atoms with van der Waals surface area (Å²) in [5.74, 6) is 0.826. The quantitative estimate of drug-likeness (QED) is 0.726. The summed E-state index contributed by atoms with van der Waals surface area (Å²) in [6.07, 6.45) is 2.56. The van der Waals surface area contributed by atoms with Crippen molar-refractivity contribution in [3.05, 3.63) is 33.8 Å². The predicted octanol–water partition coefficient (Wildman–Crippen LogP) is 4.60.